The maximum Gasteiger partial charge on any atom is 0.417 e. The maximum absolute atomic E-state index is 12.5. The van der Waals surface area contributed by atoms with Crippen molar-refractivity contribution in [3.05, 3.63) is 47.1 Å². The van der Waals surface area contributed by atoms with Gasteiger partial charge in [0, 0.05) is 18.0 Å². The van der Waals surface area contributed by atoms with Crippen LogP contribution in [0, 0.1) is 0 Å². The quantitative estimate of drug-likeness (QED) is 0.838. The Bertz CT molecular complexity index is 788. The number of nitrogens with zero attached hydrogens (tertiary/aromatic N) is 1. The standard InChI is InChI=1S/C13H9ClF3NO2S/c1-21(19,20)10-4-2-3-8(5-10)12-11(14)6-9(7-18-12)13(15,16)17/h2-7H,1H3. The Balaban J connectivity index is 2.53. The Kier molecular flexibility index (Phi) is 3.99. The highest BCUT2D eigenvalue weighted by molar-refractivity contribution is 7.90. The van der Waals surface area contributed by atoms with E-state index in [0.717, 1.165) is 12.3 Å². The van der Waals surface area contributed by atoms with E-state index in [-0.39, 0.29) is 15.6 Å². The molecule has 1 heterocycles. The molecule has 0 aliphatic rings. The number of sulfone groups is 1. The van der Waals surface area contributed by atoms with Gasteiger partial charge >= 0.3 is 6.18 Å². The molecule has 112 valence electrons. The molecule has 1 aromatic carbocycles. The second-order valence-corrected chi connectivity index (χ2v) is 6.78. The SMILES string of the molecule is CS(=O)(=O)c1cccc(-c2ncc(C(F)(F)F)cc2Cl)c1. The largest absolute Gasteiger partial charge is 0.417 e. The fourth-order valence-electron chi connectivity index (χ4n) is 1.68. The topological polar surface area (TPSA) is 47.0 Å². The molecule has 0 saturated heterocycles. The van der Waals surface area contributed by atoms with Crippen molar-refractivity contribution >= 4 is 21.4 Å². The minimum absolute atomic E-state index is 0.0396. The molecule has 0 bridgehead atoms. The van der Waals surface area contributed by atoms with Crippen LogP contribution >= 0.6 is 11.6 Å². The van der Waals surface area contributed by atoms with Crippen LogP contribution in [-0.2, 0) is 16.0 Å². The molecule has 0 radical (unpaired) electrons. The minimum Gasteiger partial charge on any atom is -0.254 e. The lowest BCUT2D eigenvalue weighted by atomic mass is 10.1. The van der Waals surface area contributed by atoms with E-state index in [9.17, 15) is 21.6 Å². The van der Waals surface area contributed by atoms with Crippen LogP contribution in [0.1, 0.15) is 5.56 Å². The van der Waals surface area contributed by atoms with E-state index in [0.29, 0.717) is 11.8 Å². The van der Waals surface area contributed by atoms with Gasteiger partial charge in [0.1, 0.15) is 0 Å². The monoisotopic (exact) mass is 335 g/mol. The summed E-state index contributed by atoms with van der Waals surface area (Å²) in [6.07, 6.45) is -2.84. The Morgan fingerprint density at radius 1 is 1.19 bits per heavy atom. The lowest BCUT2D eigenvalue weighted by molar-refractivity contribution is -0.137. The molecule has 0 N–H and O–H groups in total. The third-order valence-electron chi connectivity index (χ3n) is 2.70. The second-order valence-electron chi connectivity index (χ2n) is 4.35. The molecule has 2 rings (SSSR count). The van der Waals surface area contributed by atoms with Crippen LogP contribution in [0.3, 0.4) is 0 Å². The van der Waals surface area contributed by atoms with Gasteiger partial charge in [-0.15, -0.1) is 0 Å². The second kappa shape index (κ2) is 5.31. The van der Waals surface area contributed by atoms with E-state index in [1.54, 1.807) is 0 Å². The molecule has 0 spiro atoms. The number of alkyl halides is 3. The molecule has 0 aliphatic heterocycles. The van der Waals surface area contributed by atoms with Gasteiger partial charge in [-0.05, 0) is 18.2 Å². The van der Waals surface area contributed by atoms with Gasteiger partial charge in [0.15, 0.2) is 9.84 Å². The number of pyridine rings is 1. The molecule has 0 atom stereocenters. The van der Waals surface area contributed by atoms with E-state index >= 15 is 0 Å². The highest BCUT2D eigenvalue weighted by Crippen LogP contribution is 2.34. The Labute approximate surface area is 124 Å². The summed E-state index contributed by atoms with van der Waals surface area (Å²) >= 11 is 5.82. The highest BCUT2D eigenvalue weighted by Gasteiger charge is 2.31. The fraction of sp³-hybridized carbons (Fsp3) is 0.154. The molecule has 8 heteroatoms. The summed E-state index contributed by atoms with van der Waals surface area (Å²) in [6, 6.07) is 6.46. The number of hydrogen-bond donors (Lipinski definition) is 0. The molecule has 21 heavy (non-hydrogen) atoms. The Hall–Kier alpha value is -1.60. The fourth-order valence-corrected chi connectivity index (χ4v) is 2.62. The molecule has 3 nitrogen and oxygen atoms in total. The first-order valence-electron chi connectivity index (χ1n) is 5.62. The zero-order chi connectivity index (χ0) is 15.8. The summed E-state index contributed by atoms with van der Waals surface area (Å²) in [7, 11) is -3.43. The summed E-state index contributed by atoms with van der Waals surface area (Å²) in [5, 5.41) is -0.199. The van der Waals surface area contributed by atoms with Gasteiger partial charge < -0.3 is 0 Å². The van der Waals surface area contributed by atoms with Crippen LogP contribution in [-0.4, -0.2) is 19.7 Å². The third kappa shape index (κ3) is 3.54. The smallest absolute Gasteiger partial charge is 0.254 e. The average Bonchev–Trinajstić information content (AvgIpc) is 2.36. The van der Waals surface area contributed by atoms with Crippen molar-refractivity contribution in [1.82, 2.24) is 4.98 Å². The summed E-state index contributed by atoms with van der Waals surface area (Å²) in [6.45, 7) is 0. The van der Waals surface area contributed by atoms with Crippen LogP contribution in [0.15, 0.2) is 41.4 Å². The Morgan fingerprint density at radius 2 is 1.86 bits per heavy atom. The van der Waals surface area contributed by atoms with Crippen molar-refractivity contribution in [1.29, 1.82) is 0 Å². The summed E-state index contributed by atoms with van der Waals surface area (Å²) < 4.78 is 60.6. The van der Waals surface area contributed by atoms with Crippen molar-refractivity contribution < 1.29 is 21.6 Å². The van der Waals surface area contributed by atoms with E-state index in [2.05, 4.69) is 4.98 Å². The maximum atomic E-state index is 12.5. The van der Waals surface area contributed by atoms with Gasteiger partial charge in [0.2, 0.25) is 0 Å². The minimum atomic E-state index is -4.54. The van der Waals surface area contributed by atoms with Gasteiger partial charge in [0.25, 0.3) is 0 Å². The van der Waals surface area contributed by atoms with Crippen LogP contribution in [0.4, 0.5) is 13.2 Å². The summed E-state index contributed by atoms with van der Waals surface area (Å²) in [4.78, 5) is 3.73. The number of hydrogen-bond acceptors (Lipinski definition) is 3. The first-order chi connectivity index (χ1) is 9.59. The van der Waals surface area contributed by atoms with E-state index < -0.39 is 21.6 Å². The predicted octanol–water partition coefficient (Wildman–Crippen LogP) is 3.82. The van der Waals surface area contributed by atoms with Crippen LogP contribution < -0.4 is 0 Å². The van der Waals surface area contributed by atoms with Gasteiger partial charge in [-0.1, -0.05) is 23.7 Å². The normalized spacial score (nSPS) is 12.4. The third-order valence-corrected chi connectivity index (χ3v) is 4.10. The van der Waals surface area contributed by atoms with Crippen molar-refractivity contribution in [2.24, 2.45) is 0 Å². The molecule has 0 amide bonds. The lowest BCUT2D eigenvalue weighted by Gasteiger charge is -2.10. The van der Waals surface area contributed by atoms with Crippen molar-refractivity contribution in [3.63, 3.8) is 0 Å². The summed E-state index contributed by atoms with van der Waals surface area (Å²) in [5.74, 6) is 0. The number of halogens is 4. The molecule has 0 fully saturated rings. The van der Waals surface area contributed by atoms with Gasteiger partial charge in [-0.3, -0.25) is 4.98 Å². The number of rotatable bonds is 2. The Morgan fingerprint density at radius 3 is 2.38 bits per heavy atom. The molecule has 1 aromatic heterocycles. The first kappa shape index (κ1) is 15.8. The summed E-state index contributed by atoms with van der Waals surface area (Å²) in [5.41, 5.74) is -0.540. The van der Waals surface area contributed by atoms with Crippen LogP contribution in [0.25, 0.3) is 11.3 Å². The molecular formula is C13H9ClF3NO2S. The van der Waals surface area contributed by atoms with Gasteiger partial charge in [0.05, 0.1) is 21.2 Å². The van der Waals surface area contributed by atoms with Crippen LogP contribution in [0.2, 0.25) is 5.02 Å². The molecule has 0 saturated carbocycles. The number of aromatic nitrogens is 1. The van der Waals surface area contributed by atoms with Crippen molar-refractivity contribution in [3.8, 4) is 11.3 Å². The molecule has 2 aromatic rings. The molecular weight excluding hydrogens is 327 g/mol. The zero-order valence-corrected chi connectivity index (χ0v) is 12.2. The van der Waals surface area contributed by atoms with Crippen molar-refractivity contribution in [2.75, 3.05) is 6.26 Å². The van der Waals surface area contributed by atoms with Crippen molar-refractivity contribution in [2.45, 2.75) is 11.1 Å². The lowest BCUT2D eigenvalue weighted by Crippen LogP contribution is -2.06. The predicted molar refractivity (Wildman–Crippen MR) is 72.8 cm³/mol. The highest BCUT2D eigenvalue weighted by atomic mass is 35.5. The van der Waals surface area contributed by atoms with E-state index in [1.807, 2.05) is 0 Å². The molecule has 0 unspecified atom stereocenters. The van der Waals surface area contributed by atoms with Crippen LogP contribution in [0.5, 0.6) is 0 Å². The number of benzene rings is 1. The first-order valence-corrected chi connectivity index (χ1v) is 7.89. The average molecular weight is 336 g/mol. The molecule has 0 aliphatic carbocycles. The zero-order valence-electron chi connectivity index (χ0n) is 10.6. The van der Waals surface area contributed by atoms with E-state index in [4.69, 9.17) is 11.6 Å². The van der Waals surface area contributed by atoms with E-state index in [1.165, 1.54) is 24.3 Å². The van der Waals surface area contributed by atoms with Gasteiger partial charge in [-0.25, -0.2) is 8.42 Å². The van der Waals surface area contributed by atoms with Gasteiger partial charge in [-0.2, -0.15) is 13.2 Å².